The van der Waals surface area contributed by atoms with Crippen molar-refractivity contribution in [1.82, 2.24) is 19.5 Å². The van der Waals surface area contributed by atoms with E-state index in [0.717, 1.165) is 0 Å². The third kappa shape index (κ3) is 2.13. The van der Waals surface area contributed by atoms with E-state index < -0.39 is 5.56 Å². The van der Waals surface area contributed by atoms with Gasteiger partial charge in [0.15, 0.2) is 11.2 Å². The Morgan fingerprint density at radius 3 is 2.84 bits per heavy atom. The number of nitrogen functional groups attached to an aromatic ring is 2. The van der Waals surface area contributed by atoms with Crippen LogP contribution in [0, 0.1) is 0 Å². The number of fused-ring (bicyclic) bond motifs is 1. The van der Waals surface area contributed by atoms with E-state index in [2.05, 4.69) is 15.0 Å². The number of nitrogens with two attached hydrogens (primary N) is 2. The topological polar surface area (TPSA) is 129 Å². The molecule has 0 atom stereocenters. The summed E-state index contributed by atoms with van der Waals surface area (Å²) in [7, 11) is 0. The van der Waals surface area contributed by atoms with Crippen LogP contribution in [0.4, 0.5) is 11.9 Å². The number of anilines is 2. The van der Waals surface area contributed by atoms with Gasteiger partial charge in [-0.2, -0.15) is 4.98 Å². The normalized spacial score (nSPS) is 10.5. The molecule has 0 saturated carbocycles. The lowest BCUT2D eigenvalue weighted by molar-refractivity contribution is 0.497. The van der Waals surface area contributed by atoms with Crippen molar-refractivity contribution in [2.24, 2.45) is 0 Å². The van der Waals surface area contributed by atoms with Crippen LogP contribution in [-0.2, 0) is 6.54 Å². The molecule has 0 spiro atoms. The molecule has 0 saturated heterocycles. The summed E-state index contributed by atoms with van der Waals surface area (Å²) < 4.78 is 6.79. The van der Waals surface area contributed by atoms with Crippen molar-refractivity contribution < 1.29 is 4.42 Å². The minimum absolute atomic E-state index is 0. The highest BCUT2D eigenvalue weighted by molar-refractivity contribution is 5.85. The Bertz CT molecular complexity index is 760. The number of imidazole rings is 1. The number of aromatic nitrogens is 4. The van der Waals surface area contributed by atoms with E-state index in [1.54, 1.807) is 23.0 Å². The minimum Gasteiger partial charge on any atom is -0.467 e. The van der Waals surface area contributed by atoms with Crippen LogP contribution in [-0.4, -0.2) is 19.5 Å². The molecule has 0 aliphatic heterocycles. The van der Waals surface area contributed by atoms with E-state index in [1.807, 2.05) is 0 Å². The van der Waals surface area contributed by atoms with Crippen LogP contribution < -0.4 is 17.0 Å². The quantitative estimate of drug-likeness (QED) is 0.622. The Balaban J connectivity index is 0.00000133. The Kier molecular flexibility index (Phi) is 3.17. The fraction of sp³-hybridized carbons (Fsp3) is 0.100. The van der Waals surface area contributed by atoms with Crippen molar-refractivity contribution in [3.63, 3.8) is 0 Å². The Morgan fingerprint density at radius 2 is 2.16 bits per heavy atom. The zero-order chi connectivity index (χ0) is 12.7. The van der Waals surface area contributed by atoms with Gasteiger partial charge in [0, 0.05) is 0 Å². The van der Waals surface area contributed by atoms with Crippen LogP contribution in [0.1, 0.15) is 5.76 Å². The van der Waals surface area contributed by atoms with Gasteiger partial charge in [0.2, 0.25) is 11.9 Å². The number of rotatable bonds is 2. The molecular weight excluding hydrogens is 272 g/mol. The highest BCUT2D eigenvalue weighted by Crippen LogP contribution is 2.15. The first-order valence-electron chi connectivity index (χ1n) is 5.19. The molecule has 3 aromatic heterocycles. The lowest BCUT2D eigenvalue weighted by Crippen LogP contribution is -2.12. The molecule has 19 heavy (non-hydrogen) atoms. The standard InChI is InChI=1S/C10H10N6O2.ClH/c11-9-14-7-6(8(17)15-9)13-10(12)16(7)4-5-2-1-3-18-5;/h1-3H,4H2,(H2,12,13)(H3,11,14,15,17);1H. The van der Waals surface area contributed by atoms with Crippen LogP contribution in [0.25, 0.3) is 11.2 Å². The van der Waals surface area contributed by atoms with Gasteiger partial charge in [-0.3, -0.25) is 14.3 Å². The van der Waals surface area contributed by atoms with Gasteiger partial charge in [-0.15, -0.1) is 12.4 Å². The number of hydrogen-bond donors (Lipinski definition) is 3. The second kappa shape index (κ2) is 4.65. The molecule has 100 valence electrons. The number of hydrogen-bond acceptors (Lipinski definition) is 6. The minimum atomic E-state index is -0.414. The van der Waals surface area contributed by atoms with Gasteiger partial charge in [0.25, 0.3) is 5.56 Å². The summed E-state index contributed by atoms with van der Waals surface area (Å²) in [6, 6.07) is 3.56. The molecule has 5 N–H and O–H groups in total. The number of furan rings is 1. The summed E-state index contributed by atoms with van der Waals surface area (Å²) in [6.45, 7) is 0.339. The second-order valence-corrected chi connectivity index (χ2v) is 3.76. The Hall–Kier alpha value is -2.48. The van der Waals surface area contributed by atoms with Crippen molar-refractivity contribution in [2.45, 2.75) is 6.54 Å². The van der Waals surface area contributed by atoms with Crippen molar-refractivity contribution in [3.8, 4) is 0 Å². The van der Waals surface area contributed by atoms with Gasteiger partial charge < -0.3 is 15.9 Å². The molecule has 3 rings (SSSR count). The predicted molar refractivity (Wildman–Crippen MR) is 72.0 cm³/mol. The Morgan fingerprint density at radius 1 is 1.37 bits per heavy atom. The second-order valence-electron chi connectivity index (χ2n) is 3.76. The van der Waals surface area contributed by atoms with E-state index in [4.69, 9.17) is 15.9 Å². The van der Waals surface area contributed by atoms with E-state index in [1.165, 1.54) is 0 Å². The van der Waals surface area contributed by atoms with E-state index in [9.17, 15) is 4.79 Å². The van der Waals surface area contributed by atoms with Crippen molar-refractivity contribution in [2.75, 3.05) is 11.5 Å². The molecule has 0 unspecified atom stereocenters. The first-order valence-corrected chi connectivity index (χ1v) is 5.19. The zero-order valence-electron chi connectivity index (χ0n) is 9.66. The monoisotopic (exact) mass is 282 g/mol. The molecule has 0 amide bonds. The van der Waals surface area contributed by atoms with Gasteiger partial charge in [-0.05, 0) is 12.1 Å². The zero-order valence-corrected chi connectivity index (χ0v) is 10.5. The number of nitrogens with zero attached hydrogens (tertiary/aromatic N) is 3. The fourth-order valence-electron chi connectivity index (χ4n) is 1.76. The molecule has 0 fully saturated rings. The predicted octanol–water partition coefficient (Wildman–Crippen LogP) is 0.347. The van der Waals surface area contributed by atoms with E-state index >= 15 is 0 Å². The average Bonchev–Trinajstić information content (AvgIpc) is 2.91. The molecule has 0 aromatic carbocycles. The highest BCUT2D eigenvalue weighted by Gasteiger charge is 2.14. The van der Waals surface area contributed by atoms with E-state index in [0.29, 0.717) is 18.0 Å². The lowest BCUT2D eigenvalue weighted by atomic mass is 10.4. The number of H-pyrrole nitrogens is 1. The molecule has 3 heterocycles. The largest absolute Gasteiger partial charge is 0.467 e. The van der Waals surface area contributed by atoms with Crippen molar-refractivity contribution in [1.29, 1.82) is 0 Å². The molecule has 0 aliphatic rings. The van der Waals surface area contributed by atoms with Crippen LogP contribution in [0.15, 0.2) is 27.6 Å². The maximum Gasteiger partial charge on any atom is 0.280 e. The Labute approximate surface area is 112 Å². The maximum atomic E-state index is 11.6. The highest BCUT2D eigenvalue weighted by atomic mass is 35.5. The third-order valence-electron chi connectivity index (χ3n) is 2.55. The first kappa shape index (κ1) is 13.0. The third-order valence-corrected chi connectivity index (χ3v) is 2.55. The first-order chi connectivity index (χ1) is 8.65. The molecule has 3 aromatic rings. The summed E-state index contributed by atoms with van der Waals surface area (Å²) in [5.41, 5.74) is 11.4. The summed E-state index contributed by atoms with van der Waals surface area (Å²) in [5.74, 6) is 0.889. The molecule has 0 aliphatic carbocycles. The smallest absolute Gasteiger partial charge is 0.280 e. The fourth-order valence-corrected chi connectivity index (χ4v) is 1.76. The van der Waals surface area contributed by atoms with Crippen LogP contribution in [0.2, 0.25) is 0 Å². The van der Waals surface area contributed by atoms with Gasteiger partial charge in [-0.25, -0.2) is 4.98 Å². The number of aromatic amines is 1. The van der Waals surface area contributed by atoms with Crippen LogP contribution in [0.5, 0.6) is 0 Å². The van der Waals surface area contributed by atoms with Gasteiger partial charge in [0.05, 0.1) is 12.8 Å². The molecule has 9 heteroatoms. The molecule has 0 bridgehead atoms. The molecular formula is C10H11ClN6O2. The molecule has 8 nitrogen and oxygen atoms in total. The molecule has 0 radical (unpaired) electrons. The van der Waals surface area contributed by atoms with E-state index in [-0.39, 0.29) is 29.8 Å². The van der Waals surface area contributed by atoms with Crippen molar-refractivity contribution in [3.05, 3.63) is 34.5 Å². The summed E-state index contributed by atoms with van der Waals surface area (Å²) >= 11 is 0. The van der Waals surface area contributed by atoms with Crippen molar-refractivity contribution >= 4 is 35.5 Å². The van der Waals surface area contributed by atoms with Gasteiger partial charge in [0.1, 0.15) is 5.76 Å². The van der Waals surface area contributed by atoms with Gasteiger partial charge >= 0.3 is 0 Å². The summed E-state index contributed by atoms with van der Waals surface area (Å²) in [6.07, 6.45) is 1.55. The average molecular weight is 283 g/mol. The SMILES string of the molecule is Cl.Nc1nc2c(nc(N)n2Cc2ccco2)c(=O)[nH]1. The number of halogens is 1. The summed E-state index contributed by atoms with van der Waals surface area (Å²) in [5, 5.41) is 0. The maximum absolute atomic E-state index is 11.6. The van der Waals surface area contributed by atoms with Crippen LogP contribution >= 0.6 is 12.4 Å². The lowest BCUT2D eigenvalue weighted by Gasteiger charge is -2.03. The number of nitrogens with one attached hydrogen (secondary N) is 1. The summed E-state index contributed by atoms with van der Waals surface area (Å²) in [4.78, 5) is 22.0. The van der Waals surface area contributed by atoms with Crippen LogP contribution in [0.3, 0.4) is 0 Å². The van der Waals surface area contributed by atoms with Gasteiger partial charge in [-0.1, -0.05) is 0 Å².